The largest absolute Gasteiger partial charge is 0.307 e. The lowest BCUT2D eigenvalue weighted by molar-refractivity contribution is 0.608. The third-order valence-electron chi connectivity index (χ3n) is 2.67. The van der Waals surface area contributed by atoms with E-state index in [0.717, 1.165) is 13.0 Å². The Bertz CT molecular complexity index is 392. The van der Waals surface area contributed by atoms with Gasteiger partial charge in [-0.2, -0.15) is 0 Å². The molecule has 0 radical (unpaired) electrons. The molecule has 1 aromatic carbocycles. The monoisotopic (exact) mass is 295 g/mol. The first-order chi connectivity index (χ1) is 8.06. The number of hydrogen-bond acceptors (Lipinski definition) is 1. The van der Waals surface area contributed by atoms with Crippen LogP contribution in [0.2, 0.25) is 0 Å². The van der Waals surface area contributed by atoms with Crippen molar-refractivity contribution in [1.29, 1.82) is 0 Å². The molecule has 1 rings (SSSR count). The van der Waals surface area contributed by atoms with Crippen LogP contribution in [0.1, 0.15) is 44.4 Å². The summed E-state index contributed by atoms with van der Waals surface area (Å²) < 4.78 is 1.21. The van der Waals surface area contributed by atoms with E-state index in [1.165, 1.54) is 21.2 Å². The van der Waals surface area contributed by atoms with Gasteiger partial charge < -0.3 is 5.32 Å². The fraction of sp³-hybridized carbons (Fsp3) is 0.467. The van der Waals surface area contributed by atoms with E-state index in [1.807, 2.05) is 0 Å². The van der Waals surface area contributed by atoms with Crippen molar-refractivity contribution in [3.05, 3.63) is 45.4 Å². The van der Waals surface area contributed by atoms with Gasteiger partial charge in [-0.1, -0.05) is 52.7 Å². The van der Waals surface area contributed by atoms with Crippen molar-refractivity contribution in [2.75, 3.05) is 6.54 Å². The Balaban J connectivity index is 3.03. The van der Waals surface area contributed by atoms with Crippen LogP contribution in [0.5, 0.6) is 0 Å². The summed E-state index contributed by atoms with van der Waals surface area (Å²) in [6.45, 7) is 9.65. The van der Waals surface area contributed by atoms with Crippen molar-refractivity contribution in [3.63, 3.8) is 0 Å². The molecule has 0 fully saturated rings. The number of allylic oxidation sites excluding steroid dienone is 1. The normalized spacial score (nSPS) is 12.3. The first kappa shape index (κ1) is 14.5. The van der Waals surface area contributed by atoms with Gasteiger partial charge in [-0.25, -0.2) is 0 Å². The minimum atomic E-state index is 0.300. The summed E-state index contributed by atoms with van der Waals surface area (Å²) in [7, 11) is 0. The molecule has 0 aliphatic heterocycles. The maximum Gasteiger partial charge on any atom is 0.0520 e. The molecule has 1 unspecified atom stereocenters. The predicted octanol–water partition coefficient (Wildman–Crippen LogP) is 4.76. The molecule has 1 aromatic rings. The molecule has 0 amide bonds. The van der Waals surface area contributed by atoms with Crippen molar-refractivity contribution >= 4 is 15.9 Å². The average Bonchev–Trinajstić information content (AvgIpc) is 2.28. The second-order valence-corrected chi connectivity index (χ2v) is 5.45. The van der Waals surface area contributed by atoms with Gasteiger partial charge in [-0.15, -0.1) is 0 Å². The molecular weight excluding hydrogens is 274 g/mol. The van der Waals surface area contributed by atoms with Crippen LogP contribution in [0.25, 0.3) is 0 Å². The number of aryl methyl sites for hydroxylation is 1. The fourth-order valence-electron chi connectivity index (χ4n) is 1.80. The third-order valence-corrected chi connectivity index (χ3v) is 3.75. The Morgan fingerprint density at radius 2 is 2.12 bits per heavy atom. The predicted molar refractivity (Wildman–Crippen MR) is 79.3 cm³/mol. The maximum absolute atomic E-state index is 3.69. The molecule has 0 aromatic heterocycles. The molecule has 0 saturated carbocycles. The summed E-state index contributed by atoms with van der Waals surface area (Å²) in [5.41, 5.74) is 3.94. The second-order valence-electron chi connectivity index (χ2n) is 4.65. The van der Waals surface area contributed by atoms with Crippen molar-refractivity contribution in [1.82, 2.24) is 5.32 Å². The lowest BCUT2D eigenvalue weighted by Crippen LogP contribution is -2.21. The van der Waals surface area contributed by atoms with E-state index in [2.05, 4.69) is 73.2 Å². The lowest BCUT2D eigenvalue weighted by atomic mass is 10.0. The first-order valence-corrected chi connectivity index (χ1v) is 6.99. The lowest BCUT2D eigenvalue weighted by Gasteiger charge is -2.18. The van der Waals surface area contributed by atoms with Gasteiger partial charge >= 0.3 is 0 Å². The molecule has 17 heavy (non-hydrogen) atoms. The zero-order valence-electron chi connectivity index (χ0n) is 11.2. The molecule has 0 heterocycles. The molecule has 1 atom stereocenters. The molecule has 0 saturated heterocycles. The quantitative estimate of drug-likeness (QED) is 0.772. The van der Waals surface area contributed by atoms with E-state index in [1.54, 1.807) is 0 Å². The first-order valence-electron chi connectivity index (χ1n) is 6.19. The van der Waals surface area contributed by atoms with Crippen molar-refractivity contribution in [3.8, 4) is 0 Å². The summed E-state index contributed by atoms with van der Waals surface area (Å²) in [5.74, 6) is 0. The Kier molecular flexibility index (Phi) is 5.93. The number of nitrogens with one attached hydrogen (secondary N) is 1. The molecule has 0 aliphatic rings. The van der Waals surface area contributed by atoms with E-state index in [9.17, 15) is 0 Å². The van der Waals surface area contributed by atoms with Crippen LogP contribution in [-0.2, 0) is 0 Å². The van der Waals surface area contributed by atoms with Gasteiger partial charge in [0.15, 0.2) is 0 Å². The summed E-state index contributed by atoms with van der Waals surface area (Å²) in [6.07, 6.45) is 3.44. The standard InChI is InChI=1S/C15H22BrN/c1-5-9-17-14(10-11(2)3)13-8-6-7-12(4)15(13)16/h6-8,10,14,17H,5,9H2,1-4H3. The van der Waals surface area contributed by atoms with E-state index < -0.39 is 0 Å². The second kappa shape index (κ2) is 6.97. The third kappa shape index (κ3) is 4.29. The van der Waals surface area contributed by atoms with Gasteiger partial charge in [0, 0.05) is 4.47 Å². The fourth-order valence-corrected chi connectivity index (χ4v) is 2.31. The summed E-state index contributed by atoms with van der Waals surface area (Å²) >= 11 is 3.69. The SMILES string of the molecule is CCCNC(C=C(C)C)c1cccc(C)c1Br. The van der Waals surface area contributed by atoms with Crippen molar-refractivity contribution < 1.29 is 0 Å². The minimum Gasteiger partial charge on any atom is -0.307 e. The highest BCUT2D eigenvalue weighted by molar-refractivity contribution is 9.10. The van der Waals surface area contributed by atoms with E-state index in [4.69, 9.17) is 0 Å². The highest BCUT2D eigenvalue weighted by Gasteiger charge is 2.12. The van der Waals surface area contributed by atoms with Crippen LogP contribution in [0.4, 0.5) is 0 Å². The highest BCUT2D eigenvalue weighted by atomic mass is 79.9. The van der Waals surface area contributed by atoms with Gasteiger partial charge in [0.05, 0.1) is 6.04 Å². The van der Waals surface area contributed by atoms with Gasteiger partial charge in [-0.05, 0) is 44.9 Å². The van der Waals surface area contributed by atoms with E-state index in [-0.39, 0.29) is 0 Å². The van der Waals surface area contributed by atoms with Gasteiger partial charge in [0.2, 0.25) is 0 Å². The molecular formula is C15H22BrN. The smallest absolute Gasteiger partial charge is 0.0520 e. The summed E-state index contributed by atoms with van der Waals surface area (Å²) in [4.78, 5) is 0. The molecule has 0 aliphatic carbocycles. The molecule has 2 heteroatoms. The van der Waals surface area contributed by atoms with Crippen LogP contribution in [0, 0.1) is 6.92 Å². The summed E-state index contributed by atoms with van der Waals surface area (Å²) in [6, 6.07) is 6.74. The van der Waals surface area contributed by atoms with Crippen LogP contribution < -0.4 is 5.32 Å². The number of hydrogen-bond donors (Lipinski definition) is 1. The highest BCUT2D eigenvalue weighted by Crippen LogP contribution is 2.28. The van der Waals surface area contributed by atoms with E-state index in [0.29, 0.717) is 6.04 Å². The zero-order chi connectivity index (χ0) is 12.8. The molecule has 0 bridgehead atoms. The topological polar surface area (TPSA) is 12.0 Å². The molecule has 1 N–H and O–H groups in total. The van der Waals surface area contributed by atoms with Gasteiger partial charge in [-0.3, -0.25) is 0 Å². The summed E-state index contributed by atoms with van der Waals surface area (Å²) in [5, 5.41) is 3.58. The number of benzene rings is 1. The number of halogens is 1. The average molecular weight is 296 g/mol. The van der Waals surface area contributed by atoms with Crippen molar-refractivity contribution in [2.24, 2.45) is 0 Å². The van der Waals surface area contributed by atoms with Gasteiger partial charge in [0.25, 0.3) is 0 Å². The van der Waals surface area contributed by atoms with E-state index >= 15 is 0 Å². The minimum absolute atomic E-state index is 0.300. The Morgan fingerprint density at radius 3 is 2.71 bits per heavy atom. The Hall–Kier alpha value is -0.600. The van der Waals surface area contributed by atoms with Crippen LogP contribution in [-0.4, -0.2) is 6.54 Å². The Morgan fingerprint density at radius 1 is 1.41 bits per heavy atom. The zero-order valence-corrected chi connectivity index (χ0v) is 12.8. The van der Waals surface area contributed by atoms with Crippen LogP contribution in [0.3, 0.4) is 0 Å². The molecule has 94 valence electrons. The maximum atomic E-state index is 3.69. The van der Waals surface area contributed by atoms with Crippen LogP contribution >= 0.6 is 15.9 Å². The molecule has 1 nitrogen and oxygen atoms in total. The van der Waals surface area contributed by atoms with Gasteiger partial charge in [0.1, 0.15) is 0 Å². The number of rotatable bonds is 5. The molecule has 0 spiro atoms. The van der Waals surface area contributed by atoms with Crippen LogP contribution in [0.15, 0.2) is 34.3 Å². The van der Waals surface area contributed by atoms with Crippen molar-refractivity contribution in [2.45, 2.75) is 40.2 Å². The Labute approximate surface area is 113 Å².